The van der Waals surface area contributed by atoms with E-state index in [1.807, 2.05) is 13.8 Å². The van der Waals surface area contributed by atoms with Crippen LogP contribution in [-0.2, 0) is 25.6 Å². The lowest BCUT2D eigenvalue weighted by Crippen LogP contribution is -2.57. The standard InChI is InChI=1S/C23H34N4O7/c1-13(2)10-17(25-20(30)16(24)12-28)22(32)27-9-3-4-19(27)21(31)26-18(23(33)34)11-14-5-7-15(29)8-6-14/h5-8,13,16-19,28-29H,3-4,9-12,24H2,1-2H3,(H,25,30)(H,26,31)(H,33,34). The van der Waals surface area contributed by atoms with Crippen molar-refractivity contribution in [2.24, 2.45) is 11.7 Å². The first-order valence-corrected chi connectivity index (χ1v) is 11.3. The largest absolute Gasteiger partial charge is 0.508 e. The Kier molecular flexibility index (Phi) is 9.82. The number of carboxylic acid groups (broad SMARTS) is 1. The molecule has 1 aliphatic heterocycles. The number of benzene rings is 1. The number of carboxylic acids is 1. The Labute approximate surface area is 198 Å². The van der Waals surface area contributed by atoms with Gasteiger partial charge in [-0.3, -0.25) is 14.4 Å². The van der Waals surface area contributed by atoms with Gasteiger partial charge in [0.1, 0.15) is 29.9 Å². The molecule has 0 saturated carbocycles. The number of carbonyl (C=O) groups excluding carboxylic acids is 3. The number of hydrogen-bond donors (Lipinski definition) is 6. The van der Waals surface area contributed by atoms with Crippen molar-refractivity contribution in [3.05, 3.63) is 29.8 Å². The molecule has 7 N–H and O–H groups in total. The van der Waals surface area contributed by atoms with Crippen molar-refractivity contribution in [3.8, 4) is 5.75 Å². The Balaban J connectivity index is 2.12. The highest BCUT2D eigenvalue weighted by molar-refractivity contribution is 5.94. The molecule has 1 aliphatic rings. The van der Waals surface area contributed by atoms with Gasteiger partial charge in [-0.15, -0.1) is 0 Å². The van der Waals surface area contributed by atoms with E-state index in [9.17, 15) is 29.4 Å². The highest BCUT2D eigenvalue weighted by Crippen LogP contribution is 2.21. The van der Waals surface area contributed by atoms with Gasteiger partial charge in [0.15, 0.2) is 0 Å². The normalized spacial score (nSPS) is 18.3. The molecule has 11 heteroatoms. The van der Waals surface area contributed by atoms with Gasteiger partial charge in [-0.25, -0.2) is 4.79 Å². The summed E-state index contributed by atoms with van der Waals surface area (Å²) < 4.78 is 0. The van der Waals surface area contributed by atoms with E-state index in [0.29, 0.717) is 31.4 Å². The van der Waals surface area contributed by atoms with Crippen LogP contribution in [0.1, 0.15) is 38.7 Å². The minimum absolute atomic E-state index is 0.00704. The van der Waals surface area contributed by atoms with E-state index in [1.165, 1.54) is 17.0 Å². The van der Waals surface area contributed by atoms with Gasteiger partial charge in [0, 0.05) is 13.0 Å². The first-order valence-electron chi connectivity index (χ1n) is 11.3. The number of phenolic OH excluding ortho intramolecular Hbond substituents is 1. The SMILES string of the molecule is CC(C)CC(NC(=O)C(N)CO)C(=O)N1CCCC1C(=O)NC(Cc1ccc(O)cc1)C(=O)O. The molecule has 4 atom stereocenters. The van der Waals surface area contributed by atoms with Crippen LogP contribution in [-0.4, -0.2) is 81.2 Å². The fourth-order valence-corrected chi connectivity index (χ4v) is 3.89. The topological polar surface area (TPSA) is 182 Å². The van der Waals surface area contributed by atoms with Crippen LogP contribution in [0.25, 0.3) is 0 Å². The molecule has 188 valence electrons. The molecular formula is C23H34N4O7. The average molecular weight is 479 g/mol. The Morgan fingerprint density at radius 2 is 1.76 bits per heavy atom. The Bertz CT molecular complexity index is 875. The summed E-state index contributed by atoms with van der Waals surface area (Å²) in [7, 11) is 0. The number of aromatic hydroxyl groups is 1. The zero-order valence-corrected chi connectivity index (χ0v) is 19.4. The first kappa shape index (κ1) is 27.1. The van der Waals surface area contributed by atoms with Gasteiger partial charge in [0.2, 0.25) is 17.7 Å². The number of aliphatic carboxylic acids is 1. The average Bonchev–Trinajstić information content (AvgIpc) is 3.28. The van der Waals surface area contributed by atoms with E-state index in [0.717, 1.165) is 0 Å². The van der Waals surface area contributed by atoms with Crippen molar-refractivity contribution in [3.63, 3.8) is 0 Å². The van der Waals surface area contributed by atoms with Gasteiger partial charge in [-0.05, 0) is 42.9 Å². The molecule has 11 nitrogen and oxygen atoms in total. The summed E-state index contributed by atoms with van der Waals surface area (Å²) in [6, 6.07) is 1.81. The van der Waals surface area contributed by atoms with Gasteiger partial charge in [-0.1, -0.05) is 26.0 Å². The predicted octanol–water partition coefficient (Wildman–Crippen LogP) is -0.654. The van der Waals surface area contributed by atoms with E-state index in [1.54, 1.807) is 12.1 Å². The Hall–Kier alpha value is -3.18. The number of nitrogens with two attached hydrogens (primary N) is 1. The predicted molar refractivity (Wildman–Crippen MR) is 123 cm³/mol. The zero-order valence-electron chi connectivity index (χ0n) is 19.4. The van der Waals surface area contributed by atoms with Crippen LogP contribution in [0.3, 0.4) is 0 Å². The Morgan fingerprint density at radius 3 is 2.32 bits per heavy atom. The molecule has 1 heterocycles. The summed E-state index contributed by atoms with van der Waals surface area (Å²) in [6.07, 6.45) is 1.24. The number of hydrogen-bond acceptors (Lipinski definition) is 7. The molecule has 0 spiro atoms. The molecule has 4 unspecified atom stereocenters. The van der Waals surface area contributed by atoms with Crippen LogP contribution in [0.2, 0.25) is 0 Å². The summed E-state index contributed by atoms with van der Waals surface area (Å²) in [5, 5.41) is 33.2. The molecule has 0 radical (unpaired) electrons. The van der Waals surface area contributed by atoms with Crippen molar-refractivity contribution >= 4 is 23.7 Å². The highest BCUT2D eigenvalue weighted by Gasteiger charge is 2.39. The molecule has 1 fully saturated rings. The molecule has 0 bridgehead atoms. The summed E-state index contributed by atoms with van der Waals surface area (Å²) in [5.74, 6) is -2.82. The molecule has 0 aromatic heterocycles. The molecule has 1 saturated heterocycles. The highest BCUT2D eigenvalue weighted by atomic mass is 16.4. The van der Waals surface area contributed by atoms with Gasteiger partial charge >= 0.3 is 5.97 Å². The maximum Gasteiger partial charge on any atom is 0.326 e. The number of nitrogens with one attached hydrogen (secondary N) is 2. The molecule has 0 aliphatic carbocycles. The number of phenols is 1. The van der Waals surface area contributed by atoms with Gasteiger partial charge in [0.25, 0.3) is 0 Å². The van der Waals surface area contributed by atoms with Crippen LogP contribution >= 0.6 is 0 Å². The minimum Gasteiger partial charge on any atom is -0.508 e. The third kappa shape index (κ3) is 7.42. The Morgan fingerprint density at radius 1 is 1.12 bits per heavy atom. The van der Waals surface area contributed by atoms with Crippen molar-refractivity contribution in [1.82, 2.24) is 15.5 Å². The molecule has 2 rings (SSSR count). The third-order valence-electron chi connectivity index (χ3n) is 5.68. The second kappa shape index (κ2) is 12.3. The van der Waals surface area contributed by atoms with Crippen LogP contribution in [0, 0.1) is 5.92 Å². The maximum absolute atomic E-state index is 13.3. The van der Waals surface area contributed by atoms with E-state index in [-0.39, 0.29) is 18.1 Å². The number of amides is 3. The van der Waals surface area contributed by atoms with Gasteiger partial charge < -0.3 is 36.6 Å². The number of likely N-dealkylation sites (tertiary alicyclic amines) is 1. The van der Waals surface area contributed by atoms with E-state index >= 15 is 0 Å². The van der Waals surface area contributed by atoms with Crippen molar-refractivity contribution in [1.29, 1.82) is 0 Å². The molecule has 3 amide bonds. The summed E-state index contributed by atoms with van der Waals surface area (Å²) in [6.45, 7) is 3.49. The van der Waals surface area contributed by atoms with Gasteiger partial charge in [0.05, 0.1) is 6.61 Å². The lowest BCUT2D eigenvalue weighted by atomic mass is 10.0. The lowest BCUT2D eigenvalue weighted by Gasteiger charge is -2.30. The third-order valence-corrected chi connectivity index (χ3v) is 5.68. The molecule has 34 heavy (non-hydrogen) atoms. The minimum atomic E-state index is -1.22. The smallest absolute Gasteiger partial charge is 0.326 e. The summed E-state index contributed by atoms with van der Waals surface area (Å²) in [4.78, 5) is 51.6. The number of rotatable bonds is 11. The second-order valence-electron chi connectivity index (χ2n) is 8.94. The fourth-order valence-electron chi connectivity index (χ4n) is 3.89. The molecule has 1 aromatic rings. The number of aliphatic hydroxyl groups excluding tert-OH is 1. The van der Waals surface area contributed by atoms with E-state index < -0.39 is 54.5 Å². The monoisotopic (exact) mass is 478 g/mol. The number of aliphatic hydroxyl groups is 1. The van der Waals surface area contributed by atoms with Crippen molar-refractivity contribution in [2.45, 2.75) is 63.7 Å². The van der Waals surface area contributed by atoms with Crippen LogP contribution in [0.15, 0.2) is 24.3 Å². The lowest BCUT2D eigenvalue weighted by molar-refractivity contribution is -0.145. The second-order valence-corrected chi connectivity index (χ2v) is 8.94. The number of carbonyl (C=O) groups is 4. The molecule has 1 aromatic carbocycles. The molecular weight excluding hydrogens is 444 g/mol. The fraction of sp³-hybridized carbons (Fsp3) is 0.565. The zero-order chi connectivity index (χ0) is 25.4. The summed E-state index contributed by atoms with van der Waals surface area (Å²) >= 11 is 0. The number of nitrogens with zero attached hydrogens (tertiary/aromatic N) is 1. The summed E-state index contributed by atoms with van der Waals surface area (Å²) in [5.41, 5.74) is 6.17. The van der Waals surface area contributed by atoms with Crippen LogP contribution in [0.5, 0.6) is 5.75 Å². The van der Waals surface area contributed by atoms with Crippen LogP contribution < -0.4 is 16.4 Å². The van der Waals surface area contributed by atoms with E-state index in [4.69, 9.17) is 10.8 Å². The van der Waals surface area contributed by atoms with Crippen molar-refractivity contribution in [2.75, 3.05) is 13.2 Å². The quantitative estimate of drug-likeness (QED) is 0.242. The first-order chi connectivity index (χ1) is 16.0. The van der Waals surface area contributed by atoms with Crippen molar-refractivity contribution < 1.29 is 34.5 Å². The van der Waals surface area contributed by atoms with Crippen LogP contribution in [0.4, 0.5) is 0 Å². The van der Waals surface area contributed by atoms with E-state index in [2.05, 4.69) is 10.6 Å². The maximum atomic E-state index is 13.3. The van der Waals surface area contributed by atoms with Gasteiger partial charge in [-0.2, -0.15) is 0 Å².